The summed E-state index contributed by atoms with van der Waals surface area (Å²) in [7, 11) is 0. The number of ether oxygens (including phenoxy) is 1. The number of benzene rings is 2. The maximum absolute atomic E-state index is 13.5. The van der Waals surface area contributed by atoms with Crippen LogP contribution in [0.25, 0.3) is 0 Å². The molecule has 0 bridgehead atoms. The molecular formula is C28H35NO2S. The van der Waals surface area contributed by atoms with Crippen LogP contribution in [0.1, 0.15) is 50.5 Å². The number of amides is 1. The third kappa shape index (κ3) is 5.58. The Morgan fingerprint density at radius 2 is 1.88 bits per heavy atom. The van der Waals surface area contributed by atoms with E-state index >= 15 is 0 Å². The van der Waals surface area contributed by atoms with Gasteiger partial charge in [-0.1, -0.05) is 55.0 Å². The van der Waals surface area contributed by atoms with E-state index in [1.165, 1.54) is 44.3 Å². The fourth-order valence-electron chi connectivity index (χ4n) is 5.06. The predicted molar refractivity (Wildman–Crippen MR) is 136 cm³/mol. The van der Waals surface area contributed by atoms with Gasteiger partial charge in [0.25, 0.3) is 5.91 Å². The lowest BCUT2D eigenvalue weighted by Gasteiger charge is -2.41. The van der Waals surface area contributed by atoms with Crippen molar-refractivity contribution in [3.05, 3.63) is 72.3 Å². The van der Waals surface area contributed by atoms with E-state index in [0.717, 1.165) is 30.0 Å². The lowest BCUT2D eigenvalue weighted by atomic mass is 9.80. The van der Waals surface area contributed by atoms with Crippen molar-refractivity contribution >= 4 is 23.4 Å². The highest BCUT2D eigenvalue weighted by atomic mass is 32.2. The lowest BCUT2D eigenvalue weighted by Crippen LogP contribution is -2.48. The van der Waals surface area contributed by atoms with Crippen molar-refractivity contribution in [1.82, 2.24) is 0 Å². The highest BCUT2D eigenvalue weighted by Gasteiger charge is 2.43. The Morgan fingerprint density at radius 1 is 1.06 bits per heavy atom. The standard InChI is InChI=1S/C28H35NO2S/c1-23-13-10-11-18-26(23)31-21-27(30)29(25-16-8-5-9-17-25)22-28(19-12-20-32-28)24-14-6-3-2-4-7-15-24/h3,5-6,8-11,13,16-18,24H,2,4,7,12,14-15,19-22H2,1H3/b6-3-. The molecule has 1 fully saturated rings. The van der Waals surface area contributed by atoms with Crippen LogP contribution in [0.5, 0.6) is 5.75 Å². The molecule has 0 saturated carbocycles. The van der Waals surface area contributed by atoms with Crippen molar-refractivity contribution in [2.45, 2.75) is 56.6 Å². The minimum Gasteiger partial charge on any atom is -0.483 e. The number of allylic oxidation sites excluding steroid dienone is 2. The summed E-state index contributed by atoms with van der Waals surface area (Å²) in [6.45, 7) is 2.84. The van der Waals surface area contributed by atoms with Crippen LogP contribution in [0.2, 0.25) is 0 Å². The van der Waals surface area contributed by atoms with Crippen LogP contribution in [0.4, 0.5) is 5.69 Å². The topological polar surface area (TPSA) is 29.5 Å². The van der Waals surface area contributed by atoms with Crippen LogP contribution in [-0.2, 0) is 4.79 Å². The molecule has 1 aliphatic carbocycles. The van der Waals surface area contributed by atoms with E-state index in [1.54, 1.807) is 0 Å². The number of rotatable bonds is 7. The van der Waals surface area contributed by atoms with Gasteiger partial charge in [0.15, 0.2) is 6.61 Å². The molecule has 4 heteroatoms. The van der Waals surface area contributed by atoms with Crippen LogP contribution >= 0.6 is 11.8 Å². The molecule has 1 amide bonds. The number of anilines is 1. The molecule has 32 heavy (non-hydrogen) atoms. The Hall–Kier alpha value is -2.20. The smallest absolute Gasteiger partial charge is 0.264 e. The van der Waals surface area contributed by atoms with Gasteiger partial charge >= 0.3 is 0 Å². The molecule has 0 spiro atoms. The number of carbonyl (C=O) groups excluding carboxylic acids is 1. The third-order valence-corrected chi connectivity index (χ3v) is 8.61. The average Bonchev–Trinajstić information content (AvgIpc) is 3.27. The van der Waals surface area contributed by atoms with Gasteiger partial charge in [0, 0.05) is 17.0 Å². The van der Waals surface area contributed by atoms with Crippen LogP contribution in [0.15, 0.2) is 66.7 Å². The summed E-state index contributed by atoms with van der Waals surface area (Å²) in [5, 5.41) is 0. The first kappa shape index (κ1) is 23.0. The van der Waals surface area contributed by atoms with E-state index in [4.69, 9.17) is 4.74 Å². The Morgan fingerprint density at radius 3 is 2.66 bits per heavy atom. The van der Waals surface area contributed by atoms with Gasteiger partial charge in [-0.2, -0.15) is 11.8 Å². The van der Waals surface area contributed by atoms with Gasteiger partial charge in [0.1, 0.15) is 5.75 Å². The summed E-state index contributed by atoms with van der Waals surface area (Å²) >= 11 is 2.10. The van der Waals surface area contributed by atoms with Crippen molar-refractivity contribution in [1.29, 1.82) is 0 Å². The number of aryl methyl sites for hydroxylation is 1. The second-order valence-corrected chi connectivity index (χ2v) is 10.6. The van der Waals surface area contributed by atoms with E-state index in [2.05, 4.69) is 36.0 Å². The SMILES string of the molecule is Cc1ccccc1OCC(=O)N(CC1(C2C/C=C\CCCC2)CCCS1)c1ccccc1. The van der Waals surface area contributed by atoms with Crippen molar-refractivity contribution in [3.63, 3.8) is 0 Å². The quantitative estimate of drug-likeness (QED) is 0.435. The first-order valence-electron chi connectivity index (χ1n) is 12.0. The highest BCUT2D eigenvalue weighted by molar-refractivity contribution is 8.01. The Bertz CT molecular complexity index is 905. The molecule has 1 saturated heterocycles. The van der Waals surface area contributed by atoms with Gasteiger partial charge in [-0.25, -0.2) is 0 Å². The summed E-state index contributed by atoms with van der Waals surface area (Å²) in [6.07, 6.45) is 13.3. The van der Waals surface area contributed by atoms with Crippen LogP contribution in [0, 0.1) is 12.8 Å². The lowest BCUT2D eigenvalue weighted by molar-refractivity contribution is -0.120. The maximum atomic E-state index is 13.5. The van der Waals surface area contributed by atoms with Gasteiger partial charge < -0.3 is 9.64 Å². The molecule has 170 valence electrons. The minimum atomic E-state index is 0.0349. The number of carbonyl (C=O) groups is 1. The summed E-state index contributed by atoms with van der Waals surface area (Å²) in [4.78, 5) is 15.5. The zero-order chi connectivity index (χ0) is 22.2. The zero-order valence-corrected chi connectivity index (χ0v) is 20.0. The van der Waals surface area contributed by atoms with E-state index in [0.29, 0.717) is 5.92 Å². The molecule has 2 aromatic carbocycles. The third-order valence-electron chi connectivity index (χ3n) is 6.88. The summed E-state index contributed by atoms with van der Waals surface area (Å²) in [5.74, 6) is 2.62. The predicted octanol–water partition coefficient (Wildman–Crippen LogP) is 6.81. The second-order valence-electron chi connectivity index (χ2n) is 9.07. The Labute approximate surface area is 197 Å². The normalized spacial score (nSPS) is 24.3. The number of para-hydroxylation sites is 2. The second kappa shape index (κ2) is 11.1. The average molecular weight is 450 g/mol. The summed E-state index contributed by atoms with van der Waals surface area (Å²) in [5.41, 5.74) is 2.02. The fourth-order valence-corrected chi connectivity index (χ4v) is 6.71. The van der Waals surface area contributed by atoms with Crippen LogP contribution in [0.3, 0.4) is 0 Å². The molecule has 0 aromatic heterocycles. The largest absolute Gasteiger partial charge is 0.483 e. The zero-order valence-electron chi connectivity index (χ0n) is 19.2. The monoisotopic (exact) mass is 449 g/mol. The molecule has 1 aliphatic heterocycles. The molecule has 0 radical (unpaired) electrons. The first-order chi connectivity index (χ1) is 15.7. The van der Waals surface area contributed by atoms with E-state index < -0.39 is 0 Å². The van der Waals surface area contributed by atoms with E-state index in [-0.39, 0.29) is 17.3 Å². The molecule has 1 heterocycles. The molecule has 2 atom stereocenters. The van der Waals surface area contributed by atoms with Gasteiger partial charge in [0.05, 0.1) is 0 Å². The molecule has 3 nitrogen and oxygen atoms in total. The van der Waals surface area contributed by atoms with Crippen LogP contribution in [-0.4, -0.2) is 29.6 Å². The van der Waals surface area contributed by atoms with Gasteiger partial charge in [-0.15, -0.1) is 0 Å². The minimum absolute atomic E-state index is 0.0349. The van der Waals surface area contributed by atoms with Gasteiger partial charge in [-0.05, 0) is 80.9 Å². The van der Waals surface area contributed by atoms with Gasteiger partial charge in [0.2, 0.25) is 0 Å². The molecule has 2 aliphatic rings. The highest BCUT2D eigenvalue weighted by Crippen LogP contribution is 2.48. The summed E-state index contributed by atoms with van der Waals surface area (Å²) < 4.78 is 6.09. The Balaban J connectivity index is 1.56. The Kier molecular flexibility index (Phi) is 7.96. The van der Waals surface area contributed by atoms with Crippen LogP contribution < -0.4 is 9.64 Å². The van der Waals surface area contributed by atoms with Gasteiger partial charge in [-0.3, -0.25) is 4.79 Å². The fraction of sp³-hybridized carbons (Fsp3) is 0.464. The van der Waals surface area contributed by atoms with Crippen molar-refractivity contribution in [2.75, 3.05) is 23.8 Å². The maximum Gasteiger partial charge on any atom is 0.264 e. The van der Waals surface area contributed by atoms with E-state index in [1.807, 2.05) is 54.3 Å². The van der Waals surface area contributed by atoms with E-state index in [9.17, 15) is 4.79 Å². The number of thioether (sulfide) groups is 1. The molecule has 0 N–H and O–H groups in total. The first-order valence-corrected chi connectivity index (χ1v) is 13.0. The van der Waals surface area contributed by atoms with Crippen molar-refractivity contribution in [2.24, 2.45) is 5.92 Å². The van der Waals surface area contributed by atoms with Crippen molar-refractivity contribution < 1.29 is 9.53 Å². The number of hydrogen-bond donors (Lipinski definition) is 0. The molecule has 4 rings (SSSR count). The molecular weight excluding hydrogens is 414 g/mol. The molecule has 2 aromatic rings. The molecule has 2 unspecified atom stereocenters. The number of nitrogens with zero attached hydrogens (tertiary/aromatic N) is 1. The number of hydrogen-bond acceptors (Lipinski definition) is 3. The van der Waals surface area contributed by atoms with Crippen molar-refractivity contribution in [3.8, 4) is 5.75 Å². The summed E-state index contributed by atoms with van der Waals surface area (Å²) in [6, 6.07) is 18.0.